The van der Waals surface area contributed by atoms with Crippen LogP contribution in [-0.2, 0) is 23.9 Å². The molecule has 0 spiro atoms. The van der Waals surface area contributed by atoms with Gasteiger partial charge in [0.25, 0.3) is 0 Å². The lowest BCUT2D eigenvalue weighted by Crippen LogP contribution is -2.49. The van der Waals surface area contributed by atoms with E-state index in [0.717, 1.165) is 12.8 Å². The molecule has 0 unspecified atom stereocenters. The van der Waals surface area contributed by atoms with Crippen molar-refractivity contribution in [2.24, 2.45) is 5.92 Å². The maximum absolute atomic E-state index is 11.9. The highest BCUT2D eigenvalue weighted by Crippen LogP contribution is 2.20. The van der Waals surface area contributed by atoms with Gasteiger partial charge in [-0.15, -0.1) is 0 Å². The number of hydrogen-bond acceptors (Lipinski definition) is 5. The molecule has 6 nitrogen and oxygen atoms in total. The van der Waals surface area contributed by atoms with Crippen molar-refractivity contribution >= 4 is 17.8 Å². The number of ether oxygens (including phenoxy) is 2. The first-order valence-electron chi connectivity index (χ1n) is 6.29. The molecular formula is C13H23NO5. The Bertz CT molecular complexity index is 329. The summed E-state index contributed by atoms with van der Waals surface area (Å²) in [4.78, 5) is 36.4. The van der Waals surface area contributed by atoms with Crippen molar-refractivity contribution in [1.82, 2.24) is 4.90 Å². The van der Waals surface area contributed by atoms with Gasteiger partial charge in [-0.3, -0.25) is 9.59 Å². The van der Waals surface area contributed by atoms with Crippen LogP contribution in [0.4, 0.5) is 0 Å². The summed E-state index contributed by atoms with van der Waals surface area (Å²) < 4.78 is 9.43. The van der Waals surface area contributed by atoms with Crippen LogP contribution in [0.25, 0.3) is 0 Å². The van der Waals surface area contributed by atoms with Gasteiger partial charge in [-0.1, -0.05) is 19.8 Å². The predicted octanol–water partition coefficient (Wildman–Crippen LogP) is 0.986. The average molecular weight is 273 g/mol. The first kappa shape index (κ1) is 17.4. The Morgan fingerprint density at radius 1 is 1.11 bits per heavy atom. The van der Waals surface area contributed by atoms with E-state index in [0.29, 0.717) is 6.42 Å². The van der Waals surface area contributed by atoms with Gasteiger partial charge in [0.05, 0.1) is 20.1 Å². The van der Waals surface area contributed by atoms with Gasteiger partial charge in [-0.05, 0) is 6.42 Å². The summed E-state index contributed by atoms with van der Waals surface area (Å²) in [5, 5.41) is 0. The van der Waals surface area contributed by atoms with E-state index in [2.05, 4.69) is 0 Å². The Morgan fingerprint density at radius 2 is 1.63 bits per heavy atom. The van der Waals surface area contributed by atoms with Crippen molar-refractivity contribution in [2.75, 3.05) is 21.3 Å². The Kier molecular flexibility index (Phi) is 7.79. The Balaban J connectivity index is 5.27. The molecule has 0 aliphatic heterocycles. The van der Waals surface area contributed by atoms with E-state index < -0.39 is 23.9 Å². The van der Waals surface area contributed by atoms with Gasteiger partial charge in [0.2, 0.25) is 5.91 Å². The lowest BCUT2D eigenvalue weighted by atomic mass is 9.92. The molecule has 0 radical (unpaired) electrons. The van der Waals surface area contributed by atoms with Crippen LogP contribution in [0, 0.1) is 5.92 Å². The van der Waals surface area contributed by atoms with Crippen molar-refractivity contribution in [1.29, 1.82) is 0 Å². The van der Waals surface area contributed by atoms with Crippen LogP contribution in [0.1, 0.15) is 33.1 Å². The fraction of sp³-hybridized carbons (Fsp3) is 0.769. The first-order chi connectivity index (χ1) is 8.90. The molecular weight excluding hydrogens is 250 g/mol. The summed E-state index contributed by atoms with van der Waals surface area (Å²) in [6.07, 6.45) is 2.12. The zero-order valence-corrected chi connectivity index (χ0v) is 12.3. The number of unbranched alkanes of at least 4 members (excludes halogenated alkanes) is 1. The minimum absolute atomic E-state index is 0.305. The molecule has 1 amide bonds. The fourth-order valence-electron chi connectivity index (χ4n) is 1.89. The van der Waals surface area contributed by atoms with Crippen LogP contribution < -0.4 is 0 Å². The van der Waals surface area contributed by atoms with Crippen molar-refractivity contribution in [3.63, 3.8) is 0 Å². The van der Waals surface area contributed by atoms with Gasteiger partial charge in [-0.2, -0.15) is 0 Å². The molecule has 2 atom stereocenters. The van der Waals surface area contributed by atoms with Crippen LogP contribution in [0.5, 0.6) is 0 Å². The highest BCUT2D eigenvalue weighted by Gasteiger charge is 2.38. The summed E-state index contributed by atoms with van der Waals surface area (Å²) in [6.45, 7) is 3.32. The molecule has 0 N–H and O–H groups in total. The van der Waals surface area contributed by atoms with Crippen LogP contribution in [-0.4, -0.2) is 50.1 Å². The van der Waals surface area contributed by atoms with Crippen molar-refractivity contribution in [3.05, 3.63) is 0 Å². The average Bonchev–Trinajstić information content (AvgIpc) is 2.40. The molecule has 0 aromatic carbocycles. The minimum atomic E-state index is -0.943. The number of carbonyl (C=O) groups is 3. The van der Waals surface area contributed by atoms with Crippen LogP contribution in [0.3, 0.4) is 0 Å². The number of methoxy groups -OCH3 is 2. The van der Waals surface area contributed by atoms with E-state index in [9.17, 15) is 14.4 Å². The number of likely N-dealkylation sites (N-methyl/N-ethyl adjacent to an activating group) is 1. The lowest BCUT2D eigenvalue weighted by molar-refractivity contribution is -0.161. The molecule has 0 saturated carbocycles. The third-order valence-corrected chi connectivity index (χ3v) is 3.11. The van der Waals surface area contributed by atoms with Crippen LogP contribution in [0.15, 0.2) is 0 Å². The largest absolute Gasteiger partial charge is 0.469 e. The number of hydrogen-bond donors (Lipinski definition) is 0. The highest BCUT2D eigenvalue weighted by atomic mass is 16.5. The summed E-state index contributed by atoms with van der Waals surface area (Å²) in [7, 11) is 3.98. The molecule has 0 aromatic rings. The third kappa shape index (κ3) is 4.89. The molecule has 6 heteroatoms. The van der Waals surface area contributed by atoms with Crippen molar-refractivity contribution in [3.8, 4) is 0 Å². The van der Waals surface area contributed by atoms with Crippen molar-refractivity contribution < 1.29 is 23.9 Å². The van der Waals surface area contributed by atoms with Crippen LogP contribution >= 0.6 is 0 Å². The van der Waals surface area contributed by atoms with Gasteiger partial charge in [0, 0.05) is 14.0 Å². The van der Waals surface area contributed by atoms with E-state index in [1.54, 1.807) is 0 Å². The molecule has 0 aromatic heterocycles. The Labute approximate surface area is 114 Å². The second kappa shape index (κ2) is 8.50. The summed E-state index contributed by atoms with van der Waals surface area (Å²) >= 11 is 0. The highest BCUT2D eigenvalue weighted by molar-refractivity contribution is 5.88. The van der Waals surface area contributed by atoms with Gasteiger partial charge in [0.15, 0.2) is 0 Å². The van der Waals surface area contributed by atoms with Gasteiger partial charge >= 0.3 is 11.9 Å². The number of amides is 1. The Hall–Kier alpha value is -1.59. The monoisotopic (exact) mass is 273 g/mol. The molecule has 19 heavy (non-hydrogen) atoms. The van der Waals surface area contributed by atoms with E-state index in [-0.39, 0.29) is 5.91 Å². The molecule has 0 rings (SSSR count). The normalized spacial score (nSPS) is 13.3. The summed E-state index contributed by atoms with van der Waals surface area (Å²) in [6, 6.07) is -0.943. The van der Waals surface area contributed by atoms with Crippen LogP contribution in [0.2, 0.25) is 0 Å². The maximum Gasteiger partial charge on any atom is 0.329 e. The number of esters is 2. The second-order valence-electron chi connectivity index (χ2n) is 4.37. The van der Waals surface area contributed by atoms with E-state index in [1.807, 2.05) is 6.92 Å². The first-order valence-corrected chi connectivity index (χ1v) is 6.29. The van der Waals surface area contributed by atoms with E-state index in [4.69, 9.17) is 9.47 Å². The molecule has 0 bridgehead atoms. The maximum atomic E-state index is 11.9. The SMILES string of the molecule is CCCC[C@@H](C(=O)OC)[C@@H](C(=O)OC)N(C)C(C)=O. The molecule has 0 aliphatic carbocycles. The van der Waals surface area contributed by atoms with Gasteiger partial charge in [0.1, 0.15) is 6.04 Å². The predicted molar refractivity (Wildman–Crippen MR) is 69.3 cm³/mol. The summed E-state index contributed by atoms with van der Waals surface area (Å²) in [5.74, 6) is -2.12. The topological polar surface area (TPSA) is 72.9 Å². The molecule has 0 fully saturated rings. The van der Waals surface area contributed by atoms with Crippen molar-refractivity contribution in [2.45, 2.75) is 39.2 Å². The summed E-state index contributed by atoms with van der Waals surface area (Å²) in [5.41, 5.74) is 0. The number of nitrogens with zero attached hydrogens (tertiary/aromatic N) is 1. The van der Waals surface area contributed by atoms with E-state index >= 15 is 0 Å². The third-order valence-electron chi connectivity index (χ3n) is 3.11. The molecule has 0 aliphatic rings. The minimum Gasteiger partial charge on any atom is -0.469 e. The quantitative estimate of drug-likeness (QED) is 0.647. The molecule has 110 valence electrons. The smallest absolute Gasteiger partial charge is 0.329 e. The van der Waals surface area contributed by atoms with Gasteiger partial charge < -0.3 is 14.4 Å². The molecule has 0 heterocycles. The zero-order chi connectivity index (χ0) is 15.0. The zero-order valence-electron chi connectivity index (χ0n) is 12.3. The number of carbonyl (C=O) groups excluding carboxylic acids is 3. The second-order valence-corrected chi connectivity index (χ2v) is 4.37. The van der Waals surface area contributed by atoms with Gasteiger partial charge in [-0.25, -0.2) is 4.79 Å². The molecule has 0 saturated heterocycles. The van der Waals surface area contributed by atoms with E-state index in [1.165, 1.54) is 33.1 Å². The fourth-order valence-corrected chi connectivity index (χ4v) is 1.89. The standard InChI is InChI=1S/C13H23NO5/c1-6-7-8-10(12(16)18-4)11(13(17)19-5)14(3)9(2)15/h10-11H,6-8H2,1-5H3/t10-,11+/m1/s1. The number of rotatable bonds is 7. The Morgan fingerprint density at radius 3 is 2.00 bits per heavy atom. The lowest BCUT2D eigenvalue weighted by Gasteiger charge is -2.30.